The minimum atomic E-state index is -0.351. The zero-order chi connectivity index (χ0) is 14.5. The molecule has 4 N–H and O–H groups in total. The van der Waals surface area contributed by atoms with Crippen LogP contribution in [0.4, 0.5) is 17.2 Å². The highest BCUT2D eigenvalue weighted by atomic mass is 16.2. The van der Waals surface area contributed by atoms with E-state index in [1.165, 1.54) is 13.1 Å². The average Bonchev–Trinajstić information content (AvgIpc) is 2.38. The van der Waals surface area contributed by atoms with Gasteiger partial charge in [-0.25, -0.2) is 4.98 Å². The molecule has 1 aromatic heterocycles. The largest absolute Gasteiger partial charge is 0.383 e. The van der Waals surface area contributed by atoms with E-state index in [2.05, 4.69) is 15.6 Å². The van der Waals surface area contributed by atoms with Gasteiger partial charge in [-0.05, 0) is 30.3 Å². The maximum atomic E-state index is 12.0. The van der Waals surface area contributed by atoms with Gasteiger partial charge in [-0.3, -0.25) is 9.59 Å². The predicted molar refractivity (Wildman–Crippen MR) is 77.3 cm³/mol. The van der Waals surface area contributed by atoms with Crippen LogP contribution < -0.4 is 16.4 Å². The van der Waals surface area contributed by atoms with Gasteiger partial charge in [-0.1, -0.05) is 6.07 Å². The molecule has 0 bridgehead atoms. The highest BCUT2D eigenvalue weighted by molar-refractivity contribution is 6.07. The third kappa shape index (κ3) is 3.32. The van der Waals surface area contributed by atoms with Crippen LogP contribution in [-0.4, -0.2) is 16.8 Å². The summed E-state index contributed by atoms with van der Waals surface area (Å²) in [7, 11) is 0. The molecule has 1 aromatic carbocycles. The summed E-state index contributed by atoms with van der Waals surface area (Å²) in [5, 5.41) is 5.34. The van der Waals surface area contributed by atoms with Crippen LogP contribution in [0, 0.1) is 0 Å². The molecular weight excluding hydrogens is 256 g/mol. The number of benzene rings is 1. The number of pyridine rings is 1. The molecular formula is C14H14N4O2. The monoisotopic (exact) mass is 270 g/mol. The van der Waals surface area contributed by atoms with Gasteiger partial charge >= 0.3 is 0 Å². The van der Waals surface area contributed by atoms with Crippen molar-refractivity contribution in [3.8, 4) is 0 Å². The van der Waals surface area contributed by atoms with Crippen molar-refractivity contribution in [1.29, 1.82) is 0 Å². The van der Waals surface area contributed by atoms with Gasteiger partial charge in [0.1, 0.15) is 5.82 Å². The molecule has 6 nitrogen and oxygen atoms in total. The Morgan fingerprint density at radius 2 is 1.80 bits per heavy atom. The standard InChI is InChI=1S/C14H14N4O2/c1-9(19)17-10-4-2-5-11(8-10)18-14(20)12-6-3-7-16-13(12)15/h2-8H,1H3,(H2,15,16)(H,17,19)(H,18,20). The summed E-state index contributed by atoms with van der Waals surface area (Å²) in [4.78, 5) is 26.9. The lowest BCUT2D eigenvalue weighted by atomic mass is 10.2. The van der Waals surface area contributed by atoms with Crippen LogP contribution in [-0.2, 0) is 4.79 Å². The summed E-state index contributed by atoms with van der Waals surface area (Å²) in [6.45, 7) is 1.42. The van der Waals surface area contributed by atoms with E-state index >= 15 is 0 Å². The van der Waals surface area contributed by atoms with E-state index in [4.69, 9.17) is 5.73 Å². The van der Waals surface area contributed by atoms with E-state index in [-0.39, 0.29) is 17.6 Å². The third-order valence-electron chi connectivity index (χ3n) is 2.52. The molecule has 0 atom stereocenters. The molecule has 102 valence electrons. The van der Waals surface area contributed by atoms with Crippen LogP contribution >= 0.6 is 0 Å². The summed E-state index contributed by atoms with van der Waals surface area (Å²) in [5.74, 6) is -0.358. The lowest BCUT2D eigenvalue weighted by Gasteiger charge is -2.08. The van der Waals surface area contributed by atoms with E-state index in [1.54, 1.807) is 36.4 Å². The van der Waals surface area contributed by atoms with Crippen molar-refractivity contribution in [2.75, 3.05) is 16.4 Å². The Morgan fingerprint density at radius 3 is 2.45 bits per heavy atom. The normalized spacial score (nSPS) is 9.85. The molecule has 6 heteroatoms. The number of aromatic nitrogens is 1. The minimum Gasteiger partial charge on any atom is -0.383 e. The number of hydrogen-bond donors (Lipinski definition) is 3. The Bertz CT molecular complexity index is 655. The van der Waals surface area contributed by atoms with E-state index < -0.39 is 0 Å². The molecule has 0 saturated heterocycles. The Hall–Kier alpha value is -2.89. The molecule has 0 fully saturated rings. The van der Waals surface area contributed by atoms with E-state index in [0.29, 0.717) is 16.9 Å². The zero-order valence-corrected chi connectivity index (χ0v) is 10.9. The fourth-order valence-electron chi connectivity index (χ4n) is 1.69. The molecule has 2 amide bonds. The molecule has 0 radical (unpaired) electrons. The summed E-state index contributed by atoms with van der Waals surface area (Å²) in [6.07, 6.45) is 1.52. The van der Waals surface area contributed by atoms with Crippen LogP contribution in [0.25, 0.3) is 0 Å². The smallest absolute Gasteiger partial charge is 0.259 e. The first-order valence-corrected chi connectivity index (χ1v) is 5.96. The second-order valence-corrected chi connectivity index (χ2v) is 4.15. The molecule has 1 heterocycles. The average molecular weight is 270 g/mol. The minimum absolute atomic E-state index is 0.169. The Morgan fingerprint density at radius 1 is 1.10 bits per heavy atom. The highest BCUT2D eigenvalue weighted by Crippen LogP contribution is 2.17. The molecule has 0 aliphatic heterocycles. The number of carbonyl (C=O) groups excluding carboxylic acids is 2. The maximum Gasteiger partial charge on any atom is 0.259 e. The number of hydrogen-bond acceptors (Lipinski definition) is 4. The van der Waals surface area contributed by atoms with E-state index in [1.807, 2.05) is 0 Å². The first-order chi connectivity index (χ1) is 9.56. The van der Waals surface area contributed by atoms with Crippen LogP contribution in [0.5, 0.6) is 0 Å². The summed E-state index contributed by atoms with van der Waals surface area (Å²) < 4.78 is 0. The Labute approximate surface area is 116 Å². The van der Waals surface area contributed by atoms with Gasteiger partial charge in [0.15, 0.2) is 0 Å². The van der Waals surface area contributed by atoms with Crippen LogP contribution in [0.2, 0.25) is 0 Å². The number of carbonyl (C=O) groups is 2. The van der Waals surface area contributed by atoms with E-state index in [9.17, 15) is 9.59 Å². The number of anilines is 3. The molecule has 2 aromatic rings. The van der Waals surface area contributed by atoms with Crippen molar-refractivity contribution in [2.24, 2.45) is 0 Å². The van der Waals surface area contributed by atoms with Crippen molar-refractivity contribution in [1.82, 2.24) is 4.98 Å². The number of nitrogens with one attached hydrogen (secondary N) is 2. The fourth-order valence-corrected chi connectivity index (χ4v) is 1.69. The first-order valence-electron chi connectivity index (χ1n) is 5.96. The quantitative estimate of drug-likeness (QED) is 0.793. The molecule has 0 saturated carbocycles. The predicted octanol–water partition coefficient (Wildman–Crippen LogP) is 1.87. The van der Waals surface area contributed by atoms with Crippen molar-refractivity contribution < 1.29 is 9.59 Å². The summed E-state index contributed by atoms with van der Waals surface area (Å²) in [5.41, 5.74) is 7.11. The van der Waals surface area contributed by atoms with Crippen molar-refractivity contribution in [2.45, 2.75) is 6.92 Å². The molecule has 0 unspecified atom stereocenters. The van der Waals surface area contributed by atoms with Gasteiger partial charge in [-0.2, -0.15) is 0 Å². The lowest BCUT2D eigenvalue weighted by Crippen LogP contribution is -2.15. The summed E-state index contributed by atoms with van der Waals surface area (Å²) in [6, 6.07) is 10.1. The van der Waals surface area contributed by atoms with Crippen molar-refractivity contribution in [3.05, 3.63) is 48.2 Å². The topological polar surface area (TPSA) is 97.1 Å². The second-order valence-electron chi connectivity index (χ2n) is 4.15. The van der Waals surface area contributed by atoms with Crippen LogP contribution in [0.1, 0.15) is 17.3 Å². The lowest BCUT2D eigenvalue weighted by molar-refractivity contribution is -0.114. The number of amides is 2. The molecule has 0 spiro atoms. The number of nitrogens with zero attached hydrogens (tertiary/aromatic N) is 1. The highest BCUT2D eigenvalue weighted by Gasteiger charge is 2.10. The Balaban J connectivity index is 2.16. The molecule has 0 aliphatic rings. The summed E-state index contributed by atoms with van der Waals surface area (Å²) >= 11 is 0. The number of rotatable bonds is 3. The Kier molecular flexibility index (Phi) is 3.95. The number of nitrogen functional groups attached to an aromatic ring is 1. The van der Waals surface area contributed by atoms with E-state index in [0.717, 1.165) is 0 Å². The zero-order valence-electron chi connectivity index (χ0n) is 10.9. The molecule has 20 heavy (non-hydrogen) atoms. The second kappa shape index (κ2) is 5.83. The van der Waals surface area contributed by atoms with Gasteiger partial charge in [-0.15, -0.1) is 0 Å². The van der Waals surface area contributed by atoms with Crippen molar-refractivity contribution >= 4 is 29.0 Å². The maximum absolute atomic E-state index is 12.0. The first kappa shape index (κ1) is 13.5. The molecule has 2 rings (SSSR count). The van der Waals surface area contributed by atoms with Crippen LogP contribution in [0.3, 0.4) is 0 Å². The van der Waals surface area contributed by atoms with Crippen molar-refractivity contribution in [3.63, 3.8) is 0 Å². The van der Waals surface area contributed by atoms with Gasteiger partial charge < -0.3 is 16.4 Å². The number of nitrogens with two attached hydrogens (primary N) is 1. The van der Waals surface area contributed by atoms with Gasteiger partial charge in [0.05, 0.1) is 5.56 Å². The van der Waals surface area contributed by atoms with Crippen LogP contribution in [0.15, 0.2) is 42.6 Å². The van der Waals surface area contributed by atoms with Gasteiger partial charge in [0.2, 0.25) is 5.91 Å². The molecule has 0 aliphatic carbocycles. The third-order valence-corrected chi connectivity index (χ3v) is 2.52. The SMILES string of the molecule is CC(=O)Nc1cccc(NC(=O)c2cccnc2N)c1. The fraction of sp³-hybridized carbons (Fsp3) is 0.0714. The van der Waals surface area contributed by atoms with Gasteiger partial charge in [0, 0.05) is 24.5 Å². The van der Waals surface area contributed by atoms with Gasteiger partial charge in [0.25, 0.3) is 5.91 Å².